The molecule has 27 heavy (non-hydrogen) atoms. The van der Waals surface area contributed by atoms with Crippen LogP contribution in [0.4, 0.5) is 20.7 Å². The van der Waals surface area contributed by atoms with E-state index >= 15 is 0 Å². The van der Waals surface area contributed by atoms with Crippen molar-refractivity contribution >= 4 is 17.6 Å². The quantitative estimate of drug-likeness (QED) is 0.737. The molecule has 0 spiro atoms. The van der Waals surface area contributed by atoms with Gasteiger partial charge in [0.15, 0.2) is 5.82 Å². The van der Waals surface area contributed by atoms with E-state index < -0.39 is 18.4 Å². The maximum Gasteiger partial charge on any atom is 0.410 e. The number of fused-ring (bicyclic) bond motifs is 2. The normalized spacial score (nSPS) is 29.8. The highest BCUT2D eigenvalue weighted by molar-refractivity contribution is 5.69. The molecule has 9 heteroatoms. The minimum absolute atomic E-state index is 0.0583. The van der Waals surface area contributed by atoms with Crippen LogP contribution in [-0.2, 0) is 4.74 Å². The molecule has 0 unspecified atom stereocenters. The highest BCUT2D eigenvalue weighted by atomic mass is 19.1. The summed E-state index contributed by atoms with van der Waals surface area (Å²) in [6, 6.07) is 5.50. The van der Waals surface area contributed by atoms with Crippen molar-refractivity contribution in [2.75, 3.05) is 25.0 Å². The lowest BCUT2D eigenvalue weighted by Gasteiger charge is -2.38. The fourth-order valence-corrected chi connectivity index (χ4v) is 3.88. The van der Waals surface area contributed by atoms with Crippen LogP contribution in [0, 0.1) is 5.92 Å². The van der Waals surface area contributed by atoms with Crippen LogP contribution in [0.2, 0.25) is 0 Å². The molecule has 4 aliphatic rings. The third-order valence-electron chi connectivity index (χ3n) is 5.41. The molecule has 5 heterocycles. The first-order chi connectivity index (χ1) is 13.1. The van der Waals surface area contributed by atoms with E-state index in [1.165, 1.54) is 0 Å². The molecule has 142 valence electrons. The molecule has 2 aromatic heterocycles. The van der Waals surface area contributed by atoms with Crippen molar-refractivity contribution in [1.82, 2.24) is 20.1 Å². The summed E-state index contributed by atoms with van der Waals surface area (Å²) < 4.78 is 25.6. The van der Waals surface area contributed by atoms with Gasteiger partial charge in [-0.2, -0.15) is 5.10 Å². The molecule has 3 atom stereocenters. The second-order valence-corrected chi connectivity index (χ2v) is 7.40. The van der Waals surface area contributed by atoms with Crippen LogP contribution in [-0.4, -0.2) is 58.1 Å². The summed E-state index contributed by atoms with van der Waals surface area (Å²) in [6.07, 6.45) is 0.104. The van der Waals surface area contributed by atoms with Crippen LogP contribution in [0.5, 0.6) is 5.88 Å². The van der Waals surface area contributed by atoms with Crippen molar-refractivity contribution in [2.45, 2.75) is 31.0 Å². The zero-order valence-electron chi connectivity index (χ0n) is 14.6. The zero-order valence-corrected chi connectivity index (χ0v) is 14.6. The number of aromatic amines is 1. The molecule has 1 amide bonds. The fraction of sp³-hybridized carbons (Fsp3) is 0.500. The molecule has 2 aromatic rings. The van der Waals surface area contributed by atoms with E-state index in [1.54, 1.807) is 17.2 Å². The third kappa shape index (κ3) is 3.17. The number of alkyl halides is 1. The van der Waals surface area contributed by atoms with Gasteiger partial charge in [-0.05, 0) is 18.9 Å². The van der Waals surface area contributed by atoms with Crippen LogP contribution in [0.25, 0.3) is 0 Å². The highest BCUT2D eigenvalue weighted by Gasteiger charge is 2.41. The number of halogens is 1. The zero-order chi connectivity index (χ0) is 18.4. The number of nitrogens with zero attached hydrogens (tertiary/aromatic N) is 3. The molecule has 2 N–H and O–H groups in total. The van der Waals surface area contributed by atoms with Gasteiger partial charge in [0.25, 0.3) is 0 Å². The van der Waals surface area contributed by atoms with Crippen LogP contribution < -0.4 is 10.1 Å². The van der Waals surface area contributed by atoms with Gasteiger partial charge in [0, 0.05) is 54.6 Å². The number of carbonyl (C=O) groups excluding carboxylic acids is 1. The van der Waals surface area contributed by atoms with E-state index in [9.17, 15) is 9.18 Å². The largest absolute Gasteiger partial charge is 0.477 e. The Morgan fingerprint density at radius 3 is 3.04 bits per heavy atom. The standard InChI is InChI=1S/C18H20FN5O3/c19-13-3-11-4-15(13)27-18(25)24-7-10(8-24)9-26-17-5-12(1-2-20-17)21-16-6-14(11)22-23-16/h1-2,5-6,10-11,13,15H,3-4,7-9H2,(H2,21,22,23)/t11-,13+,15-/m0/s1. The van der Waals surface area contributed by atoms with Gasteiger partial charge in [0.2, 0.25) is 5.88 Å². The molecule has 6 rings (SSSR count). The number of hydrogen-bond acceptors (Lipinski definition) is 6. The lowest BCUT2D eigenvalue weighted by Crippen LogP contribution is -2.53. The number of ether oxygens (including phenoxy) is 2. The Labute approximate surface area is 155 Å². The number of hydrogen-bond donors (Lipinski definition) is 2. The molecule has 3 aliphatic heterocycles. The molecule has 0 radical (unpaired) electrons. The van der Waals surface area contributed by atoms with E-state index in [0.29, 0.717) is 44.2 Å². The Morgan fingerprint density at radius 1 is 1.26 bits per heavy atom. The Morgan fingerprint density at radius 2 is 2.15 bits per heavy atom. The minimum atomic E-state index is -1.17. The first kappa shape index (κ1) is 16.3. The maximum absolute atomic E-state index is 14.4. The van der Waals surface area contributed by atoms with Crippen LogP contribution in [0.3, 0.4) is 0 Å². The van der Waals surface area contributed by atoms with E-state index in [2.05, 4.69) is 20.5 Å². The second-order valence-electron chi connectivity index (χ2n) is 7.40. The van der Waals surface area contributed by atoms with E-state index in [-0.39, 0.29) is 11.8 Å². The molecule has 2 fully saturated rings. The molecular formula is C18H20FN5O3. The van der Waals surface area contributed by atoms with Crippen molar-refractivity contribution < 1.29 is 18.7 Å². The van der Waals surface area contributed by atoms with Gasteiger partial charge in [-0.3, -0.25) is 5.10 Å². The number of amides is 1. The fourth-order valence-electron chi connectivity index (χ4n) is 3.88. The average Bonchev–Trinajstić information content (AvgIpc) is 3.20. The number of H-pyrrole nitrogens is 1. The predicted octanol–water partition coefficient (Wildman–Crippen LogP) is 2.59. The van der Waals surface area contributed by atoms with E-state index in [1.807, 2.05) is 12.1 Å². The van der Waals surface area contributed by atoms with Gasteiger partial charge in [-0.1, -0.05) is 0 Å². The average molecular weight is 373 g/mol. The van der Waals surface area contributed by atoms with Gasteiger partial charge >= 0.3 is 6.09 Å². The second kappa shape index (κ2) is 6.40. The molecule has 1 saturated carbocycles. The van der Waals surface area contributed by atoms with E-state index in [4.69, 9.17) is 9.47 Å². The predicted molar refractivity (Wildman–Crippen MR) is 93.8 cm³/mol. The monoisotopic (exact) mass is 373 g/mol. The Balaban J connectivity index is 1.42. The van der Waals surface area contributed by atoms with Gasteiger partial charge in [0.1, 0.15) is 12.3 Å². The van der Waals surface area contributed by atoms with Crippen LogP contribution in [0.1, 0.15) is 24.5 Å². The number of carbonyl (C=O) groups is 1. The summed E-state index contributed by atoms with van der Waals surface area (Å²) in [5.74, 6) is 1.31. The first-order valence-electron chi connectivity index (χ1n) is 9.15. The molecule has 1 aliphatic carbocycles. The van der Waals surface area contributed by atoms with Crippen molar-refractivity contribution in [3.8, 4) is 5.88 Å². The van der Waals surface area contributed by atoms with Gasteiger partial charge in [0.05, 0.1) is 6.61 Å². The third-order valence-corrected chi connectivity index (χ3v) is 5.41. The highest BCUT2D eigenvalue weighted by Crippen LogP contribution is 2.38. The van der Waals surface area contributed by atoms with Crippen LogP contribution in [0.15, 0.2) is 24.4 Å². The summed E-state index contributed by atoms with van der Waals surface area (Å²) in [6.45, 7) is 1.56. The van der Waals surface area contributed by atoms with Gasteiger partial charge in [-0.15, -0.1) is 0 Å². The summed E-state index contributed by atoms with van der Waals surface area (Å²) in [5.41, 5.74) is 1.64. The molecule has 8 bridgehead atoms. The lowest BCUT2D eigenvalue weighted by molar-refractivity contribution is 0.000750. The molecular weight excluding hydrogens is 353 g/mol. The maximum atomic E-state index is 14.4. The summed E-state index contributed by atoms with van der Waals surface area (Å²) in [4.78, 5) is 18.1. The Hall–Kier alpha value is -2.84. The van der Waals surface area contributed by atoms with E-state index in [0.717, 1.165) is 11.4 Å². The van der Waals surface area contributed by atoms with Crippen molar-refractivity contribution in [3.63, 3.8) is 0 Å². The number of anilines is 2. The number of aromatic nitrogens is 3. The molecule has 8 nitrogen and oxygen atoms in total. The lowest BCUT2D eigenvalue weighted by atomic mass is 10.0. The van der Waals surface area contributed by atoms with Crippen molar-refractivity contribution in [1.29, 1.82) is 0 Å². The Kier molecular flexibility index (Phi) is 3.87. The van der Waals surface area contributed by atoms with Gasteiger partial charge < -0.3 is 19.7 Å². The van der Waals surface area contributed by atoms with Crippen molar-refractivity contribution in [2.24, 2.45) is 5.92 Å². The minimum Gasteiger partial charge on any atom is -0.477 e. The molecule has 1 saturated heterocycles. The number of rotatable bonds is 0. The number of pyridine rings is 1. The topological polar surface area (TPSA) is 92.4 Å². The van der Waals surface area contributed by atoms with Crippen LogP contribution >= 0.6 is 0 Å². The SMILES string of the molecule is O=C1O[C@H]2C[C@H](C[C@H]2F)c2cc(n[nH]2)Nc2ccnc(c2)OCC2CN1C2. The Bertz CT molecular complexity index is 853. The smallest absolute Gasteiger partial charge is 0.410 e. The van der Waals surface area contributed by atoms with Crippen molar-refractivity contribution in [3.05, 3.63) is 30.1 Å². The first-order valence-corrected chi connectivity index (χ1v) is 9.15. The summed E-state index contributed by atoms with van der Waals surface area (Å²) in [7, 11) is 0. The molecule has 0 aromatic carbocycles. The number of nitrogens with one attached hydrogen (secondary N) is 2. The summed E-state index contributed by atoms with van der Waals surface area (Å²) in [5, 5.41) is 10.4. The van der Waals surface area contributed by atoms with Gasteiger partial charge in [-0.25, -0.2) is 14.2 Å². The summed E-state index contributed by atoms with van der Waals surface area (Å²) >= 11 is 0.